The molecule has 1 aliphatic heterocycles. The molecule has 48 heavy (non-hydrogen) atoms. The number of nitrogen functional groups attached to an aromatic ring is 1. The van der Waals surface area contributed by atoms with Crippen molar-refractivity contribution in [2.24, 2.45) is 5.92 Å². The van der Waals surface area contributed by atoms with Gasteiger partial charge >= 0.3 is 0 Å². The predicted octanol–water partition coefficient (Wildman–Crippen LogP) is 5.84. The Morgan fingerprint density at radius 1 is 1.02 bits per heavy atom. The minimum atomic E-state index is -0.579. The number of hydrogen-bond donors (Lipinski definition) is 2. The number of rotatable bonds is 7. The molecule has 12 heteroatoms. The van der Waals surface area contributed by atoms with E-state index in [9.17, 15) is 18.8 Å². The van der Waals surface area contributed by atoms with Gasteiger partial charge in [0.1, 0.15) is 23.2 Å². The van der Waals surface area contributed by atoms with Crippen LogP contribution in [0.15, 0.2) is 66.1 Å². The molecular formula is C36H39FN8O3. The van der Waals surface area contributed by atoms with E-state index in [1.807, 2.05) is 53.8 Å². The molecule has 1 saturated heterocycles. The Labute approximate surface area is 277 Å². The summed E-state index contributed by atoms with van der Waals surface area (Å²) in [5.74, 6) is -0.478. The van der Waals surface area contributed by atoms with Crippen molar-refractivity contribution in [3.05, 3.63) is 94.3 Å². The van der Waals surface area contributed by atoms with Crippen molar-refractivity contribution >= 4 is 28.8 Å². The van der Waals surface area contributed by atoms with Crippen LogP contribution in [0.4, 0.5) is 15.9 Å². The number of carbonyl (C=O) groups excluding carboxylic acids is 2. The molecule has 0 saturated carbocycles. The van der Waals surface area contributed by atoms with E-state index in [2.05, 4.69) is 26.4 Å². The third-order valence-corrected chi connectivity index (χ3v) is 9.07. The van der Waals surface area contributed by atoms with Crippen LogP contribution in [0.25, 0.3) is 27.8 Å². The van der Waals surface area contributed by atoms with Gasteiger partial charge in [0, 0.05) is 71.6 Å². The lowest BCUT2D eigenvalue weighted by atomic mass is 9.92. The number of likely N-dealkylation sites (tertiary alicyclic amines) is 1. The van der Waals surface area contributed by atoms with Gasteiger partial charge in [0.2, 0.25) is 11.3 Å². The van der Waals surface area contributed by atoms with Crippen molar-refractivity contribution in [1.82, 2.24) is 29.0 Å². The molecule has 5 heterocycles. The Bertz CT molecular complexity index is 2080. The highest BCUT2D eigenvalue weighted by molar-refractivity contribution is 6.05. The fraction of sp³-hybridized carbons (Fsp3) is 0.333. The molecule has 6 rings (SSSR count). The van der Waals surface area contributed by atoms with Crippen molar-refractivity contribution in [1.29, 1.82) is 0 Å². The number of pyridine rings is 2. The van der Waals surface area contributed by atoms with Gasteiger partial charge in [-0.1, -0.05) is 26.0 Å². The summed E-state index contributed by atoms with van der Waals surface area (Å²) >= 11 is 0. The molecule has 11 nitrogen and oxygen atoms in total. The summed E-state index contributed by atoms with van der Waals surface area (Å²) in [5.41, 5.74) is 10.9. The van der Waals surface area contributed by atoms with E-state index < -0.39 is 17.2 Å². The Kier molecular flexibility index (Phi) is 8.83. The molecule has 248 valence electrons. The van der Waals surface area contributed by atoms with E-state index in [4.69, 9.17) is 5.73 Å². The quantitative estimate of drug-likeness (QED) is 0.225. The maximum absolute atomic E-state index is 14.1. The first-order chi connectivity index (χ1) is 22.9. The second kappa shape index (κ2) is 13.0. The lowest BCUT2D eigenvalue weighted by Crippen LogP contribution is -2.40. The van der Waals surface area contributed by atoms with Crippen LogP contribution >= 0.6 is 0 Å². The van der Waals surface area contributed by atoms with Crippen molar-refractivity contribution < 1.29 is 14.0 Å². The van der Waals surface area contributed by atoms with Crippen molar-refractivity contribution in [2.75, 3.05) is 24.1 Å². The molecule has 1 aromatic carbocycles. The van der Waals surface area contributed by atoms with Crippen LogP contribution in [0.2, 0.25) is 0 Å². The first kappa shape index (κ1) is 32.5. The summed E-state index contributed by atoms with van der Waals surface area (Å²) < 4.78 is 17.7. The number of nitrogens with one attached hydrogen (secondary N) is 1. The van der Waals surface area contributed by atoms with Crippen LogP contribution in [0, 0.1) is 18.7 Å². The Morgan fingerprint density at radius 2 is 1.73 bits per heavy atom. The Hall–Kier alpha value is -5.39. The van der Waals surface area contributed by atoms with Gasteiger partial charge in [0.25, 0.3) is 5.91 Å². The molecule has 1 aliphatic rings. The zero-order valence-electron chi connectivity index (χ0n) is 27.7. The molecule has 0 atom stereocenters. The van der Waals surface area contributed by atoms with Gasteiger partial charge in [0.15, 0.2) is 5.82 Å². The second-order valence-corrected chi connectivity index (χ2v) is 12.9. The van der Waals surface area contributed by atoms with Crippen molar-refractivity contribution in [2.45, 2.75) is 59.4 Å². The van der Waals surface area contributed by atoms with Crippen LogP contribution in [0.3, 0.4) is 0 Å². The smallest absolute Gasteiger partial charge is 0.261 e. The van der Waals surface area contributed by atoms with E-state index in [0.717, 1.165) is 35.9 Å². The average Bonchev–Trinajstić information content (AvgIpc) is 3.46. The molecular weight excluding hydrogens is 611 g/mol. The normalized spacial score (nSPS) is 13.9. The first-order valence-electron chi connectivity index (χ1n) is 16.1. The number of piperidine rings is 1. The second-order valence-electron chi connectivity index (χ2n) is 12.9. The van der Waals surface area contributed by atoms with Gasteiger partial charge in [-0.15, -0.1) is 0 Å². The first-order valence-corrected chi connectivity index (χ1v) is 16.1. The summed E-state index contributed by atoms with van der Waals surface area (Å²) in [4.78, 5) is 49.8. The minimum absolute atomic E-state index is 0.0338. The molecule has 0 unspecified atom stereocenters. The third kappa shape index (κ3) is 6.05. The van der Waals surface area contributed by atoms with E-state index in [1.165, 1.54) is 18.6 Å². The summed E-state index contributed by atoms with van der Waals surface area (Å²) in [6.07, 6.45) is 7.11. The molecule has 2 amide bonds. The highest BCUT2D eigenvalue weighted by Crippen LogP contribution is 2.37. The average molecular weight is 651 g/mol. The number of anilines is 2. The minimum Gasteiger partial charge on any atom is -0.382 e. The number of fused-ring (bicyclic) bond motifs is 1. The van der Waals surface area contributed by atoms with Gasteiger partial charge < -0.3 is 20.5 Å². The van der Waals surface area contributed by atoms with E-state index in [0.29, 0.717) is 41.4 Å². The topological polar surface area (TPSA) is 141 Å². The summed E-state index contributed by atoms with van der Waals surface area (Å²) in [6.45, 7) is 10.9. The number of benzene rings is 1. The molecule has 0 bridgehead atoms. The van der Waals surface area contributed by atoms with Crippen molar-refractivity contribution in [3.63, 3.8) is 0 Å². The predicted molar refractivity (Wildman–Crippen MR) is 183 cm³/mol. The number of nitrogens with zero attached hydrogens (tertiary/aromatic N) is 6. The van der Waals surface area contributed by atoms with Gasteiger partial charge in [0.05, 0.1) is 11.8 Å². The molecule has 3 N–H and O–H groups in total. The number of amides is 2. The third-order valence-electron chi connectivity index (χ3n) is 9.07. The van der Waals surface area contributed by atoms with Gasteiger partial charge in [-0.05, 0) is 63.4 Å². The fourth-order valence-corrected chi connectivity index (χ4v) is 6.60. The highest BCUT2D eigenvalue weighted by Gasteiger charge is 2.29. The van der Waals surface area contributed by atoms with Crippen LogP contribution in [-0.4, -0.2) is 54.0 Å². The van der Waals surface area contributed by atoms with Crippen LogP contribution in [0.1, 0.15) is 74.2 Å². The standard InChI is InChI=1S/C36H39FN8O3/c1-20(2)36(48)43-12-10-24(11-13-43)30-15-28(32-34(38)40-19-41-45(30)32)23-6-8-27(9-7-23)42-35(47)29-18-44(21(3)4)22(5)31(33(29)46)25-14-26(37)17-39-16-25/h6-9,14-21,24H,10-13H2,1-5H3,(H,42,47)(H2,38,40,41). The fourth-order valence-electron chi connectivity index (χ4n) is 6.60. The molecule has 1 fully saturated rings. The van der Waals surface area contributed by atoms with Crippen molar-refractivity contribution in [3.8, 4) is 22.3 Å². The molecule has 4 aromatic heterocycles. The highest BCUT2D eigenvalue weighted by atomic mass is 19.1. The number of aromatic nitrogens is 5. The zero-order valence-corrected chi connectivity index (χ0v) is 27.7. The monoisotopic (exact) mass is 650 g/mol. The number of hydrogen-bond acceptors (Lipinski definition) is 7. The van der Waals surface area contributed by atoms with Crippen LogP contribution in [-0.2, 0) is 4.79 Å². The van der Waals surface area contributed by atoms with Crippen LogP contribution in [0.5, 0.6) is 0 Å². The number of nitrogens with two attached hydrogens (primary N) is 1. The zero-order chi connectivity index (χ0) is 34.3. The Morgan fingerprint density at radius 3 is 2.38 bits per heavy atom. The van der Waals surface area contributed by atoms with Gasteiger partial charge in [-0.2, -0.15) is 5.10 Å². The molecule has 5 aromatic rings. The van der Waals surface area contributed by atoms with Gasteiger partial charge in [-0.25, -0.2) is 13.9 Å². The molecule has 0 aliphatic carbocycles. The SMILES string of the molecule is Cc1c(-c2cncc(F)c2)c(=O)c(C(=O)Nc2ccc(-c3cc(C4CCN(C(=O)C(C)C)CC4)n4ncnc(N)c34)cc2)cn1C(C)C. The van der Waals surface area contributed by atoms with E-state index in [-0.39, 0.29) is 34.9 Å². The lowest BCUT2D eigenvalue weighted by Gasteiger charge is -2.33. The largest absolute Gasteiger partial charge is 0.382 e. The molecule has 0 spiro atoms. The number of halogens is 1. The van der Waals surface area contributed by atoms with Gasteiger partial charge in [-0.3, -0.25) is 19.4 Å². The summed E-state index contributed by atoms with van der Waals surface area (Å²) in [5, 5.41) is 7.39. The lowest BCUT2D eigenvalue weighted by molar-refractivity contribution is -0.135. The van der Waals surface area contributed by atoms with E-state index >= 15 is 0 Å². The maximum Gasteiger partial charge on any atom is 0.261 e. The Balaban J connectivity index is 1.29. The summed E-state index contributed by atoms with van der Waals surface area (Å²) in [7, 11) is 0. The molecule has 0 radical (unpaired) electrons. The number of carbonyl (C=O) groups is 2. The summed E-state index contributed by atoms with van der Waals surface area (Å²) in [6, 6.07) is 10.5. The maximum atomic E-state index is 14.1. The van der Waals surface area contributed by atoms with E-state index in [1.54, 1.807) is 25.3 Å². The van der Waals surface area contributed by atoms with Crippen LogP contribution < -0.4 is 16.5 Å².